The van der Waals surface area contributed by atoms with Crippen LogP contribution in [-0.4, -0.2) is 39.3 Å². The first-order chi connectivity index (χ1) is 18.1. The van der Waals surface area contributed by atoms with Gasteiger partial charge in [0.25, 0.3) is 0 Å². The first-order valence-electron chi connectivity index (χ1n) is 11.4. The maximum Gasteiger partial charge on any atom is 0.416 e. The number of ether oxygens (including phenoxy) is 4. The van der Waals surface area contributed by atoms with Gasteiger partial charge in [0.2, 0.25) is 5.75 Å². The van der Waals surface area contributed by atoms with Crippen LogP contribution >= 0.6 is 0 Å². The zero-order chi connectivity index (χ0) is 27.9. The van der Waals surface area contributed by atoms with Gasteiger partial charge in [0, 0.05) is 5.56 Å². The Morgan fingerprint density at radius 3 is 1.97 bits per heavy atom. The van der Waals surface area contributed by atoms with Crippen molar-refractivity contribution in [3.8, 4) is 28.7 Å². The summed E-state index contributed by atoms with van der Waals surface area (Å²) in [5.41, 5.74) is 1.45. The standard InChI is InChI=1S/C29H27F3O6/c1-35-25-17-20(6-5-7-23(33)19-10-12-22(13-11-19)29(30,31)32)21(16-24(25)34)9-8-18-14-26(36-2)28(38-4)27(15-18)37-3/h5,7-17,34H,6H2,1-4H3/b7-5-,9-8-. The molecule has 9 heteroatoms. The van der Waals surface area contributed by atoms with E-state index in [-0.39, 0.29) is 23.5 Å². The second kappa shape index (κ2) is 12.2. The number of phenols is 1. The number of halogens is 3. The Hall–Kier alpha value is -4.40. The van der Waals surface area contributed by atoms with Gasteiger partial charge in [-0.3, -0.25) is 4.79 Å². The minimum Gasteiger partial charge on any atom is -0.504 e. The van der Waals surface area contributed by atoms with Crippen molar-refractivity contribution in [2.45, 2.75) is 12.6 Å². The SMILES string of the molecule is COc1cc(C/C=C\C(=O)c2ccc(C(F)(F)F)cc2)c(/C=C\c2cc(OC)c(OC)c(OC)c2)cc1O. The van der Waals surface area contributed by atoms with E-state index in [9.17, 15) is 23.1 Å². The van der Waals surface area contributed by atoms with Crippen LogP contribution in [0.4, 0.5) is 13.2 Å². The molecule has 0 spiro atoms. The summed E-state index contributed by atoms with van der Waals surface area (Å²) in [4.78, 5) is 12.5. The number of ketones is 1. The van der Waals surface area contributed by atoms with Gasteiger partial charge in [0.1, 0.15) is 0 Å². The Balaban J connectivity index is 1.87. The third-order valence-corrected chi connectivity index (χ3v) is 5.69. The van der Waals surface area contributed by atoms with Crippen LogP contribution in [0, 0.1) is 0 Å². The van der Waals surface area contributed by atoms with E-state index in [1.165, 1.54) is 40.6 Å². The molecule has 0 aliphatic carbocycles. The van der Waals surface area contributed by atoms with Crippen molar-refractivity contribution in [2.75, 3.05) is 28.4 Å². The number of aromatic hydroxyl groups is 1. The summed E-state index contributed by atoms with van der Waals surface area (Å²) in [7, 11) is 5.97. The average Bonchev–Trinajstić information content (AvgIpc) is 2.91. The van der Waals surface area contributed by atoms with Gasteiger partial charge >= 0.3 is 6.18 Å². The van der Waals surface area contributed by atoms with Crippen molar-refractivity contribution in [3.05, 3.63) is 88.5 Å². The van der Waals surface area contributed by atoms with Gasteiger partial charge in [-0.2, -0.15) is 13.2 Å². The fourth-order valence-corrected chi connectivity index (χ4v) is 3.72. The van der Waals surface area contributed by atoms with Crippen LogP contribution in [0.15, 0.2) is 60.7 Å². The molecule has 3 rings (SSSR count). The van der Waals surface area contributed by atoms with Gasteiger partial charge < -0.3 is 24.1 Å². The molecule has 3 aromatic carbocycles. The van der Waals surface area contributed by atoms with Crippen molar-refractivity contribution in [1.82, 2.24) is 0 Å². The Bertz CT molecular complexity index is 1320. The molecule has 0 aromatic heterocycles. The van der Waals surface area contributed by atoms with Crippen LogP contribution in [0.25, 0.3) is 12.2 Å². The minimum atomic E-state index is -4.47. The number of benzene rings is 3. The summed E-state index contributed by atoms with van der Waals surface area (Å²) in [6.45, 7) is 0. The minimum absolute atomic E-state index is 0.0643. The normalized spacial score (nSPS) is 11.7. The summed E-state index contributed by atoms with van der Waals surface area (Å²) in [5.74, 6) is 1.18. The number of phenolic OH excluding ortho intramolecular Hbond substituents is 1. The third-order valence-electron chi connectivity index (χ3n) is 5.69. The van der Waals surface area contributed by atoms with Crippen LogP contribution in [0.3, 0.4) is 0 Å². The van der Waals surface area contributed by atoms with Gasteiger partial charge in [0.05, 0.1) is 34.0 Å². The van der Waals surface area contributed by atoms with Crippen molar-refractivity contribution in [3.63, 3.8) is 0 Å². The second-order valence-electron chi connectivity index (χ2n) is 8.06. The predicted molar refractivity (Wildman–Crippen MR) is 138 cm³/mol. The first kappa shape index (κ1) is 28.2. The van der Waals surface area contributed by atoms with E-state index in [0.29, 0.717) is 22.8 Å². The molecule has 0 atom stereocenters. The number of methoxy groups -OCH3 is 4. The molecule has 200 valence electrons. The molecule has 0 saturated heterocycles. The molecule has 1 N–H and O–H groups in total. The van der Waals surface area contributed by atoms with E-state index in [4.69, 9.17) is 18.9 Å². The number of hydrogen-bond acceptors (Lipinski definition) is 6. The van der Waals surface area contributed by atoms with E-state index in [2.05, 4.69) is 0 Å². The van der Waals surface area contributed by atoms with Crippen molar-refractivity contribution in [1.29, 1.82) is 0 Å². The molecule has 0 aliphatic heterocycles. The Kier molecular flexibility index (Phi) is 9.07. The quantitative estimate of drug-likeness (QED) is 0.182. The Morgan fingerprint density at radius 1 is 0.842 bits per heavy atom. The fourth-order valence-electron chi connectivity index (χ4n) is 3.72. The van der Waals surface area contributed by atoms with Gasteiger partial charge in [-0.05, 0) is 65.6 Å². The predicted octanol–water partition coefficient (Wildman–Crippen LogP) is 6.60. The molecule has 38 heavy (non-hydrogen) atoms. The number of hydrogen-bond donors (Lipinski definition) is 1. The maximum atomic E-state index is 12.8. The maximum absolute atomic E-state index is 12.8. The van der Waals surface area contributed by atoms with Crippen molar-refractivity contribution < 1.29 is 42.0 Å². The second-order valence-corrected chi connectivity index (χ2v) is 8.06. The van der Waals surface area contributed by atoms with Crippen molar-refractivity contribution >= 4 is 17.9 Å². The summed E-state index contributed by atoms with van der Waals surface area (Å²) in [6.07, 6.45) is 2.30. The Labute approximate surface area is 218 Å². The number of rotatable bonds is 10. The van der Waals surface area contributed by atoms with Crippen LogP contribution < -0.4 is 18.9 Å². The number of carbonyl (C=O) groups is 1. The molecule has 0 radical (unpaired) electrons. The van der Waals surface area contributed by atoms with Crippen LogP contribution in [0.2, 0.25) is 0 Å². The van der Waals surface area contributed by atoms with E-state index >= 15 is 0 Å². The molecule has 0 heterocycles. The van der Waals surface area contributed by atoms with Crippen molar-refractivity contribution in [2.24, 2.45) is 0 Å². The van der Waals surface area contributed by atoms with Crippen LogP contribution in [-0.2, 0) is 12.6 Å². The van der Waals surface area contributed by atoms with Crippen LogP contribution in [0.5, 0.6) is 28.7 Å². The molecule has 3 aromatic rings. The smallest absolute Gasteiger partial charge is 0.416 e. The lowest BCUT2D eigenvalue weighted by atomic mass is 10.0. The molecular weight excluding hydrogens is 501 g/mol. The lowest BCUT2D eigenvalue weighted by molar-refractivity contribution is -0.137. The van der Waals surface area contributed by atoms with E-state index < -0.39 is 17.5 Å². The largest absolute Gasteiger partial charge is 0.504 e. The number of alkyl halides is 3. The molecule has 0 saturated carbocycles. The molecule has 0 unspecified atom stereocenters. The fraction of sp³-hybridized carbons (Fsp3) is 0.207. The first-order valence-corrected chi connectivity index (χ1v) is 11.4. The molecule has 0 fully saturated rings. The highest BCUT2D eigenvalue weighted by molar-refractivity contribution is 6.04. The molecule has 0 aliphatic rings. The van der Waals surface area contributed by atoms with Gasteiger partial charge in [-0.1, -0.05) is 30.4 Å². The van der Waals surface area contributed by atoms with E-state index in [1.807, 2.05) is 0 Å². The van der Waals surface area contributed by atoms with Crippen LogP contribution in [0.1, 0.15) is 32.6 Å². The van der Waals surface area contributed by atoms with E-state index in [0.717, 1.165) is 35.4 Å². The zero-order valence-electron chi connectivity index (χ0n) is 21.3. The third kappa shape index (κ3) is 6.67. The Morgan fingerprint density at radius 2 is 1.45 bits per heavy atom. The lowest BCUT2D eigenvalue weighted by Crippen LogP contribution is -2.05. The zero-order valence-corrected chi connectivity index (χ0v) is 21.3. The highest BCUT2D eigenvalue weighted by Crippen LogP contribution is 2.39. The molecular formula is C29H27F3O6. The topological polar surface area (TPSA) is 74.2 Å². The highest BCUT2D eigenvalue weighted by atomic mass is 19.4. The number of allylic oxidation sites excluding steroid dienone is 2. The summed E-state index contributed by atoms with van der Waals surface area (Å²) < 4.78 is 59.7. The summed E-state index contributed by atoms with van der Waals surface area (Å²) in [5, 5.41) is 10.3. The highest BCUT2D eigenvalue weighted by Gasteiger charge is 2.30. The van der Waals surface area contributed by atoms with Gasteiger partial charge in [0.15, 0.2) is 28.8 Å². The molecule has 6 nitrogen and oxygen atoms in total. The molecule has 0 amide bonds. The number of carbonyl (C=O) groups excluding carboxylic acids is 1. The lowest BCUT2D eigenvalue weighted by Gasteiger charge is -2.13. The monoisotopic (exact) mass is 528 g/mol. The van der Waals surface area contributed by atoms with Gasteiger partial charge in [-0.15, -0.1) is 0 Å². The van der Waals surface area contributed by atoms with E-state index in [1.54, 1.807) is 36.4 Å². The molecule has 0 bridgehead atoms. The average molecular weight is 529 g/mol. The van der Waals surface area contributed by atoms with Gasteiger partial charge in [-0.25, -0.2) is 0 Å². The summed E-state index contributed by atoms with van der Waals surface area (Å²) in [6, 6.07) is 10.8. The summed E-state index contributed by atoms with van der Waals surface area (Å²) >= 11 is 0.